The molecule has 0 heterocycles. The molecule has 2 aromatic carbocycles. The molecule has 0 radical (unpaired) electrons. The molecule has 28 heavy (non-hydrogen) atoms. The average molecular weight is 379 g/mol. The number of aromatic hydroxyl groups is 1. The van der Waals surface area contributed by atoms with Crippen LogP contribution in [0.5, 0.6) is 11.5 Å². The lowest BCUT2D eigenvalue weighted by Gasteiger charge is -2.28. The summed E-state index contributed by atoms with van der Waals surface area (Å²) in [5, 5.41) is 9.85. The molecule has 1 atom stereocenters. The second kappa shape index (κ2) is 9.09. The third kappa shape index (κ3) is 5.03. The van der Waals surface area contributed by atoms with Crippen molar-refractivity contribution >= 4 is 11.9 Å². The molecule has 0 aromatic heterocycles. The Morgan fingerprint density at radius 2 is 1.68 bits per heavy atom. The highest BCUT2D eigenvalue weighted by Gasteiger charge is 2.21. The molecule has 1 unspecified atom stereocenters. The molecule has 0 aliphatic heterocycles. The Morgan fingerprint density at radius 3 is 2.29 bits per heavy atom. The Bertz CT molecular complexity index is 820. The van der Waals surface area contributed by atoms with Gasteiger partial charge in [-0.25, -0.2) is 0 Å². The van der Waals surface area contributed by atoms with E-state index in [0.29, 0.717) is 17.2 Å². The highest BCUT2D eigenvalue weighted by Crippen LogP contribution is 2.29. The van der Waals surface area contributed by atoms with Gasteiger partial charge in [-0.05, 0) is 98.7 Å². The standard InChI is InChI=1S/C25H30O3/c1-17-15-20(16-18(2)25(17)27)9-14-24(26)22-10-12-23(13-11-22)28-19(3)21-7-5-4-6-8-21/h9-16,19,21,27H,4-8H2,1-3H3. The summed E-state index contributed by atoms with van der Waals surface area (Å²) in [4.78, 5) is 12.5. The van der Waals surface area contributed by atoms with Crippen molar-refractivity contribution in [2.24, 2.45) is 5.92 Å². The molecule has 3 nitrogen and oxygen atoms in total. The molecule has 0 spiro atoms. The van der Waals surface area contributed by atoms with Crippen LogP contribution in [-0.2, 0) is 0 Å². The zero-order valence-corrected chi connectivity index (χ0v) is 17.1. The Kier molecular flexibility index (Phi) is 6.56. The lowest BCUT2D eigenvalue weighted by Crippen LogP contribution is -2.25. The summed E-state index contributed by atoms with van der Waals surface area (Å²) in [6, 6.07) is 11.2. The fourth-order valence-electron chi connectivity index (χ4n) is 3.97. The second-order valence-electron chi connectivity index (χ2n) is 7.95. The molecular formula is C25H30O3. The van der Waals surface area contributed by atoms with Gasteiger partial charge in [0.15, 0.2) is 5.78 Å². The first-order chi connectivity index (χ1) is 13.4. The summed E-state index contributed by atoms with van der Waals surface area (Å²) in [7, 11) is 0. The summed E-state index contributed by atoms with van der Waals surface area (Å²) in [6.45, 7) is 5.86. The number of allylic oxidation sites excluding steroid dienone is 1. The van der Waals surface area contributed by atoms with Gasteiger partial charge in [-0.1, -0.05) is 25.3 Å². The number of phenols is 1. The summed E-state index contributed by atoms with van der Waals surface area (Å²) in [6.07, 6.45) is 10.0. The van der Waals surface area contributed by atoms with Crippen molar-refractivity contribution in [3.05, 3.63) is 64.7 Å². The third-order valence-electron chi connectivity index (χ3n) is 5.72. The lowest BCUT2D eigenvalue weighted by molar-refractivity contribution is 0.104. The van der Waals surface area contributed by atoms with Crippen molar-refractivity contribution in [2.75, 3.05) is 0 Å². The van der Waals surface area contributed by atoms with Crippen LogP contribution in [0.3, 0.4) is 0 Å². The monoisotopic (exact) mass is 378 g/mol. The summed E-state index contributed by atoms with van der Waals surface area (Å²) in [5.41, 5.74) is 3.16. The zero-order chi connectivity index (χ0) is 20.1. The number of aryl methyl sites for hydroxylation is 2. The highest BCUT2D eigenvalue weighted by atomic mass is 16.5. The molecule has 148 valence electrons. The van der Waals surface area contributed by atoms with Gasteiger partial charge in [-0.3, -0.25) is 4.79 Å². The van der Waals surface area contributed by atoms with E-state index in [-0.39, 0.29) is 11.9 Å². The lowest BCUT2D eigenvalue weighted by atomic mass is 9.86. The van der Waals surface area contributed by atoms with Crippen molar-refractivity contribution in [3.8, 4) is 11.5 Å². The fraction of sp³-hybridized carbons (Fsp3) is 0.400. The zero-order valence-electron chi connectivity index (χ0n) is 17.1. The van der Waals surface area contributed by atoms with Gasteiger partial charge in [0.2, 0.25) is 0 Å². The van der Waals surface area contributed by atoms with Crippen LogP contribution in [-0.4, -0.2) is 17.0 Å². The minimum atomic E-state index is -0.0461. The molecule has 2 aromatic rings. The van der Waals surface area contributed by atoms with E-state index in [0.717, 1.165) is 22.4 Å². The first kappa shape index (κ1) is 20.2. The smallest absolute Gasteiger partial charge is 0.185 e. The van der Waals surface area contributed by atoms with E-state index in [9.17, 15) is 9.90 Å². The van der Waals surface area contributed by atoms with Crippen molar-refractivity contribution in [1.29, 1.82) is 0 Å². The Balaban J connectivity index is 1.61. The topological polar surface area (TPSA) is 46.5 Å². The van der Waals surface area contributed by atoms with Crippen molar-refractivity contribution in [2.45, 2.75) is 59.0 Å². The first-order valence-electron chi connectivity index (χ1n) is 10.2. The van der Waals surface area contributed by atoms with Crippen molar-refractivity contribution in [3.63, 3.8) is 0 Å². The summed E-state index contributed by atoms with van der Waals surface area (Å²) >= 11 is 0. The second-order valence-corrected chi connectivity index (χ2v) is 7.95. The molecule has 3 heteroatoms. The Hall–Kier alpha value is -2.55. The normalized spacial score (nSPS) is 16.2. The summed E-state index contributed by atoms with van der Waals surface area (Å²) < 4.78 is 6.10. The predicted molar refractivity (Wildman–Crippen MR) is 114 cm³/mol. The number of ketones is 1. The molecule has 0 amide bonds. The molecule has 0 bridgehead atoms. The van der Waals surface area contributed by atoms with Gasteiger partial charge in [0.1, 0.15) is 11.5 Å². The number of hydrogen-bond acceptors (Lipinski definition) is 3. The van der Waals surface area contributed by atoms with Crippen LogP contribution in [0.15, 0.2) is 42.5 Å². The molecule has 1 aliphatic carbocycles. The molecule has 3 rings (SSSR count). The molecule has 1 aliphatic rings. The molecule has 0 saturated heterocycles. The maximum absolute atomic E-state index is 12.5. The van der Waals surface area contributed by atoms with E-state index in [4.69, 9.17) is 4.74 Å². The Labute approximate surface area is 168 Å². The average Bonchev–Trinajstić information content (AvgIpc) is 2.71. The van der Waals surface area contributed by atoms with Crippen molar-refractivity contribution in [1.82, 2.24) is 0 Å². The number of hydrogen-bond donors (Lipinski definition) is 1. The number of benzene rings is 2. The molecule has 1 fully saturated rings. The van der Waals surface area contributed by atoms with Gasteiger partial charge in [-0.2, -0.15) is 0 Å². The van der Waals surface area contributed by atoms with E-state index < -0.39 is 0 Å². The minimum absolute atomic E-state index is 0.0461. The molecule has 1 N–H and O–H groups in total. The van der Waals surface area contributed by atoms with E-state index in [1.165, 1.54) is 32.1 Å². The Morgan fingerprint density at radius 1 is 1.07 bits per heavy atom. The van der Waals surface area contributed by atoms with Crippen LogP contribution in [0.2, 0.25) is 0 Å². The van der Waals surface area contributed by atoms with Crippen LogP contribution in [0.1, 0.15) is 66.1 Å². The van der Waals surface area contributed by atoms with E-state index in [1.54, 1.807) is 12.2 Å². The fourth-order valence-corrected chi connectivity index (χ4v) is 3.97. The highest BCUT2D eigenvalue weighted by molar-refractivity contribution is 6.06. The van der Waals surface area contributed by atoms with Crippen LogP contribution < -0.4 is 4.74 Å². The van der Waals surface area contributed by atoms with Gasteiger partial charge < -0.3 is 9.84 Å². The van der Waals surface area contributed by atoms with Gasteiger partial charge in [0.25, 0.3) is 0 Å². The number of ether oxygens (including phenoxy) is 1. The predicted octanol–water partition coefficient (Wildman–Crippen LogP) is 6.25. The van der Waals surface area contributed by atoms with E-state index >= 15 is 0 Å². The van der Waals surface area contributed by atoms with Crippen LogP contribution in [0, 0.1) is 19.8 Å². The van der Waals surface area contributed by atoms with E-state index in [1.807, 2.05) is 50.2 Å². The van der Waals surface area contributed by atoms with Crippen molar-refractivity contribution < 1.29 is 14.6 Å². The number of phenolic OH excluding ortho intramolecular Hbond substituents is 1. The van der Waals surface area contributed by atoms with Gasteiger partial charge in [0.05, 0.1) is 6.10 Å². The van der Waals surface area contributed by atoms with Crippen LogP contribution in [0.25, 0.3) is 6.08 Å². The van der Waals surface area contributed by atoms with Crippen LogP contribution >= 0.6 is 0 Å². The quantitative estimate of drug-likeness (QED) is 0.477. The summed E-state index contributed by atoms with van der Waals surface area (Å²) in [5.74, 6) is 1.72. The largest absolute Gasteiger partial charge is 0.507 e. The number of carbonyl (C=O) groups is 1. The first-order valence-corrected chi connectivity index (χ1v) is 10.2. The third-order valence-corrected chi connectivity index (χ3v) is 5.72. The van der Waals surface area contributed by atoms with Gasteiger partial charge in [0, 0.05) is 5.56 Å². The maximum atomic E-state index is 12.5. The maximum Gasteiger partial charge on any atom is 0.185 e. The molecular weight excluding hydrogens is 348 g/mol. The van der Waals surface area contributed by atoms with E-state index in [2.05, 4.69) is 6.92 Å². The minimum Gasteiger partial charge on any atom is -0.507 e. The SMILES string of the molecule is Cc1cc(C=CC(=O)c2ccc(OC(C)C3CCCCC3)cc2)cc(C)c1O. The van der Waals surface area contributed by atoms with Crippen LogP contribution in [0.4, 0.5) is 0 Å². The molecule has 1 saturated carbocycles. The number of rotatable bonds is 6. The number of carbonyl (C=O) groups excluding carboxylic acids is 1. The van der Waals surface area contributed by atoms with Gasteiger partial charge >= 0.3 is 0 Å². The van der Waals surface area contributed by atoms with Gasteiger partial charge in [-0.15, -0.1) is 0 Å².